The lowest BCUT2D eigenvalue weighted by Gasteiger charge is -2.36. The van der Waals surface area contributed by atoms with E-state index < -0.39 is 23.9 Å². The van der Waals surface area contributed by atoms with Crippen LogP contribution in [0, 0.1) is 17.2 Å². The Morgan fingerprint density at radius 2 is 1.89 bits per heavy atom. The van der Waals surface area contributed by atoms with Crippen LogP contribution in [0.2, 0.25) is 25.7 Å². The Kier molecular flexibility index (Phi) is 9.85. The van der Waals surface area contributed by atoms with Gasteiger partial charge in [0, 0.05) is 72.4 Å². The Hall–Kier alpha value is -3.16. The summed E-state index contributed by atoms with van der Waals surface area (Å²) in [6.07, 6.45) is 6.21. The van der Waals surface area contributed by atoms with E-state index in [-0.39, 0.29) is 18.5 Å². The van der Waals surface area contributed by atoms with Crippen molar-refractivity contribution in [2.75, 3.05) is 68.9 Å². The van der Waals surface area contributed by atoms with Gasteiger partial charge in [0.2, 0.25) is 16.0 Å². The predicted octanol–water partition coefficient (Wildman–Crippen LogP) is 2.93. The van der Waals surface area contributed by atoms with Crippen molar-refractivity contribution >= 4 is 41.0 Å². The van der Waals surface area contributed by atoms with Gasteiger partial charge >= 0.3 is 0 Å². The lowest BCUT2D eigenvalue weighted by atomic mass is 9.97. The molecule has 238 valence electrons. The van der Waals surface area contributed by atoms with Gasteiger partial charge in [0.15, 0.2) is 11.4 Å². The molecule has 2 fully saturated rings. The second-order valence-electron chi connectivity index (χ2n) is 13.2. The molecule has 5 heterocycles. The summed E-state index contributed by atoms with van der Waals surface area (Å²) in [4.78, 5) is 23.8. The van der Waals surface area contributed by atoms with Gasteiger partial charge < -0.3 is 24.4 Å². The number of hydrogen-bond donors (Lipinski definition) is 1. The van der Waals surface area contributed by atoms with Crippen molar-refractivity contribution in [1.29, 1.82) is 5.26 Å². The molecular weight excluding hydrogens is 597 g/mol. The number of likely N-dealkylation sites (N-methyl/N-ethyl adjacent to an activating group) is 1. The van der Waals surface area contributed by atoms with E-state index in [0.29, 0.717) is 36.3 Å². The summed E-state index contributed by atoms with van der Waals surface area (Å²) in [5.41, 5.74) is 2.80. The van der Waals surface area contributed by atoms with Crippen molar-refractivity contribution in [2.45, 2.75) is 51.8 Å². The molecule has 2 atom stereocenters. The van der Waals surface area contributed by atoms with Crippen molar-refractivity contribution in [3.63, 3.8) is 0 Å². The Morgan fingerprint density at radius 3 is 2.61 bits per heavy atom. The number of hydrogen-bond acceptors (Lipinski definition) is 11. The summed E-state index contributed by atoms with van der Waals surface area (Å²) in [7, 11) is -2.73. The fourth-order valence-corrected chi connectivity index (χ4v) is 7.56. The molecule has 3 aromatic rings. The fraction of sp³-hybridized carbons (Fsp3) is 0.621. The highest BCUT2D eigenvalue weighted by molar-refractivity contribution is 7.89. The van der Waals surface area contributed by atoms with E-state index in [2.05, 4.69) is 41.8 Å². The molecule has 0 bridgehead atoms. The first kappa shape index (κ1) is 32.2. The summed E-state index contributed by atoms with van der Waals surface area (Å²) in [6.45, 7) is 14.3. The molecule has 44 heavy (non-hydrogen) atoms. The first-order valence-corrected chi connectivity index (χ1v) is 20.6. The normalized spacial score (nSPS) is 20.6. The van der Waals surface area contributed by atoms with Crippen LogP contribution < -0.4 is 10.2 Å². The SMILES string of the molecule is C[C@H]1C[C@H](Nc2nc(N3CCN(C)CC3)ncc2-c2cnc3c(ccn3COCC[Si](C)(C)C)n2)CN(S(=O)(=O)CC#N)C1. The first-order valence-electron chi connectivity index (χ1n) is 15.2. The van der Waals surface area contributed by atoms with Crippen molar-refractivity contribution < 1.29 is 13.2 Å². The summed E-state index contributed by atoms with van der Waals surface area (Å²) in [5.74, 6) is 0.796. The number of nitrogens with one attached hydrogen (secondary N) is 1. The molecule has 0 saturated carbocycles. The monoisotopic (exact) mass is 640 g/mol. The molecule has 5 rings (SSSR count). The van der Waals surface area contributed by atoms with Gasteiger partial charge in [0.25, 0.3) is 0 Å². The van der Waals surface area contributed by atoms with E-state index in [1.807, 2.05) is 23.8 Å². The van der Waals surface area contributed by atoms with Crippen molar-refractivity contribution in [3.8, 4) is 17.3 Å². The van der Waals surface area contributed by atoms with E-state index in [4.69, 9.17) is 29.9 Å². The van der Waals surface area contributed by atoms with Crippen LogP contribution in [0.15, 0.2) is 24.7 Å². The number of nitrogens with zero attached hydrogens (tertiary/aromatic N) is 9. The van der Waals surface area contributed by atoms with Crippen molar-refractivity contribution in [2.24, 2.45) is 5.92 Å². The van der Waals surface area contributed by atoms with Crippen molar-refractivity contribution in [1.82, 2.24) is 33.7 Å². The van der Waals surface area contributed by atoms with E-state index >= 15 is 0 Å². The van der Waals surface area contributed by atoms with E-state index in [0.717, 1.165) is 56.4 Å². The van der Waals surface area contributed by atoms with Gasteiger partial charge in [-0.3, -0.25) is 0 Å². The summed E-state index contributed by atoms with van der Waals surface area (Å²) >= 11 is 0. The summed E-state index contributed by atoms with van der Waals surface area (Å²) in [5, 5.41) is 12.6. The van der Waals surface area contributed by atoms with E-state index in [1.54, 1.807) is 18.5 Å². The van der Waals surface area contributed by atoms with Gasteiger partial charge in [-0.2, -0.15) is 14.6 Å². The lowest BCUT2D eigenvalue weighted by molar-refractivity contribution is 0.0899. The molecule has 2 aliphatic heterocycles. The van der Waals surface area contributed by atoms with Gasteiger partial charge in [0.05, 0.1) is 23.5 Å². The van der Waals surface area contributed by atoms with Gasteiger partial charge in [0.1, 0.15) is 18.1 Å². The Morgan fingerprint density at radius 1 is 1.11 bits per heavy atom. The molecule has 13 nitrogen and oxygen atoms in total. The molecule has 0 spiro atoms. The first-order chi connectivity index (χ1) is 20.9. The molecule has 2 aliphatic rings. The smallest absolute Gasteiger partial charge is 0.227 e. The van der Waals surface area contributed by atoms with Crippen LogP contribution in [0.3, 0.4) is 0 Å². The number of piperidine rings is 1. The third-order valence-corrected chi connectivity index (χ3v) is 11.4. The fourth-order valence-electron chi connectivity index (χ4n) is 5.57. The number of aromatic nitrogens is 5. The second kappa shape index (κ2) is 13.5. The average molecular weight is 641 g/mol. The molecule has 0 amide bonds. The molecule has 0 aliphatic carbocycles. The van der Waals surface area contributed by atoms with Crippen LogP contribution in [0.5, 0.6) is 0 Å². The van der Waals surface area contributed by atoms with Gasteiger partial charge in [-0.25, -0.2) is 23.4 Å². The van der Waals surface area contributed by atoms with E-state index in [1.165, 1.54) is 4.31 Å². The molecule has 0 radical (unpaired) electrons. The van der Waals surface area contributed by atoms with Gasteiger partial charge in [-0.05, 0) is 31.5 Å². The average Bonchev–Trinajstić information content (AvgIpc) is 3.37. The minimum atomic E-state index is -3.67. The Balaban J connectivity index is 1.42. The number of piperazine rings is 1. The van der Waals surface area contributed by atoms with Crippen LogP contribution in [0.25, 0.3) is 22.4 Å². The lowest BCUT2D eigenvalue weighted by Crippen LogP contribution is -2.49. The van der Waals surface area contributed by atoms with Crippen LogP contribution >= 0.6 is 0 Å². The maximum absolute atomic E-state index is 12.8. The largest absolute Gasteiger partial charge is 0.365 e. The maximum Gasteiger partial charge on any atom is 0.227 e. The zero-order chi connectivity index (χ0) is 31.5. The highest BCUT2D eigenvalue weighted by Crippen LogP contribution is 2.30. The van der Waals surface area contributed by atoms with Gasteiger partial charge in [-0.15, -0.1) is 0 Å². The predicted molar refractivity (Wildman–Crippen MR) is 175 cm³/mol. The molecule has 15 heteroatoms. The minimum absolute atomic E-state index is 0.112. The third kappa shape index (κ3) is 7.91. The van der Waals surface area contributed by atoms with E-state index in [9.17, 15) is 8.42 Å². The number of nitriles is 1. The van der Waals surface area contributed by atoms with Gasteiger partial charge in [-0.1, -0.05) is 26.6 Å². The molecular formula is C29H44N10O3SSi. The van der Waals surface area contributed by atoms with Crippen LogP contribution in [-0.4, -0.2) is 115 Å². The van der Waals surface area contributed by atoms with Crippen molar-refractivity contribution in [3.05, 3.63) is 24.7 Å². The quantitative estimate of drug-likeness (QED) is 0.244. The topological polar surface area (TPSA) is 145 Å². The Labute approximate surface area is 261 Å². The zero-order valence-electron chi connectivity index (χ0n) is 26.4. The highest BCUT2D eigenvalue weighted by atomic mass is 32.2. The zero-order valence-corrected chi connectivity index (χ0v) is 28.2. The standard InChI is InChI=1S/C29H44N10O3SSi/c1-22-16-23(20-39(19-22)43(40,41)14-7-30)33-27-24(17-32-29(35-27)37-11-9-36(2)10-12-37)26-18-31-28-25(34-26)6-8-38(28)21-42-13-15-44(3,4)5/h6,8,17-18,22-23H,9-16,19-21H2,1-5H3,(H,32,33,35)/t22-,23-/m0/s1. The number of fused-ring (bicyclic) bond motifs is 1. The number of sulfonamides is 1. The molecule has 3 aromatic heterocycles. The number of anilines is 2. The second-order valence-corrected chi connectivity index (χ2v) is 20.8. The maximum atomic E-state index is 12.8. The van der Waals surface area contributed by atoms with Crippen LogP contribution in [0.1, 0.15) is 13.3 Å². The molecule has 0 unspecified atom stereocenters. The van der Waals surface area contributed by atoms with Crippen LogP contribution in [-0.2, 0) is 21.5 Å². The summed E-state index contributed by atoms with van der Waals surface area (Å²) < 4.78 is 34.9. The number of ether oxygens (including phenoxy) is 1. The molecule has 0 aromatic carbocycles. The molecule has 2 saturated heterocycles. The Bertz CT molecular complexity index is 1590. The summed E-state index contributed by atoms with van der Waals surface area (Å²) in [6, 6.07) is 4.63. The minimum Gasteiger partial charge on any atom is -0.365 e. The number of rotatable bonds is 11. The third-order valence-electron chi connectivity index (χ3n) is 8.14. The highest BCUT2D eigenvalue weighted by Gasteiger charge is 2.33. The van der Waals surface area contributed by atoms with Crippen LogP contribution in [0.4, 0.5) is 11.8 Å². The molecule has 1 N–H and O–H groups in total.